The van der Waals surface area contributed by atoms with Crippen LogP contribution in [0.15, 0.2) is 24.3 Å². The van der Waals surface area contributed by atoms with E-state index in [1.165, 1.54) is 0 Å². The first-order valence-electron chi connectivity index (χ1n) is 12.9. The lowest BCUT2D eigenvalue weighted by molar-refractivity contribution is -0.137. The minimum Gasteiger partial charge on any atom is -0.480 e. The molecule has 1 aliphatic rings. The van der Waals surface area contributed by atoms with E-state index in [1.807, 2.05) is 0 Å². The summed E-state index contributed by atoms with van der Waals surface area (Å²) < 4.78 is 39.5. The molecule has 2 rings (SSSR count). The highest BCUT2D eigenvalue weighted by atomic mass is 35.5. The Morgan fingerprint density at radius 1 is 1.05 bits per heavy atom. The number of amides is 2. The Morgan fingerprint density at radius 3 is 2.18 bits per heavy atom. The first-order chi connectivity index (χ1) is 17.9. The van der Waals surface area contributed by atoms with Crippen LogP contribution in [0.2, 0.25) is 5.02 Å². The first kappa shape index (κ1) is 32.6. The van der Waals surface area contributed by atoms with Gasteiger partial charge in [0.1, 0.15) is 17.7 Å². The Balaban J connectivity index is 2.24. The number of carboxylic acid groups (broad SMARTS) is 1. The average molecular weight is 590 g/mol. The van der Waals surface area contributed by atoms with E-state index in [0.717, 1.165) is 17.1 Å². The van der Waals surface area contributed by atoms with Gasteiger partial charge in [-0.2, -0.15) is 17.0 Å². The van der Waals surface area contributed by atoms with E-state index in [2.05, 4.69) is 0 Å². The van der Waals surface area contributed by atoms with Gasteiger partial charge in [-0.25, -0.2) is 9.59 Å². The van der Waals surface area contributed by atoms with Crippen molar-refractivity contribution in [1.29, 1.82) is 0 Å². The van der Waals surface area contributed by atoms with Gasteiger partial charge < -0.3 is 19.5 Å². The number of carbonyl (C=O) groups is 3. The Labute approximate surface area is 236 Å². The SMILES string of the molecule is CC(C)(C)OC(=O)N1CCC[C@H]1CCCN(CC(=O)O)S(=O)(=O)N(Cc1ccc(Cl)cc1)C(=O)OC(C)(C)C. The minimum atomic E-state index is -4.61. The van der Waals surface area contributed by atoms with Crippen LogP contribution in [-0.2, 0) is 31.0 Å². The van der Waals surface area contributed by atoms with Crippen molar-refractivity contribution in [3.8, 4) is 0 Å². The normalized spacial score (nSPS) is 16.3. The standard InChI is InChI=1S/C26H40ClN3O8S/c1-25(2,3)37-23(33)29-16-8-10-21(29)9-7-15-28(18-22(31)32)39(35,36)30(24(34)38-26(4,5)6)17-19-11-13-20(27)14-12-19/h11-14,21H,7-10,15-18H2,1-6H3,(H,31,32)/t21-/m1/s1. The molecule has 1 N–H and O–H groups in total. The summed E-state index contributed by atoms with van der Waals surface area (Å²) in [5.41, 5.74) is -1.18. The second-order valence-electron chi connectivity index (χ2n) is 11.5. The number of rotatable bonds is 10. The molecule has 1 aliphatic heterocycles. The molecule has 11 nitrogen and oxygen atoms in total. The number of carbonyl (C=O) groups excluding carboxylic acids is 2. The molecule has 1 heterocycles. The highest BCUT2D eigenvalue weighted by Gasteiger charge is 2.38. The molecule has 1 saturated heterocycles. The molecule has 0 saturated carbocycles. The number of benzene rings is 1. The van der Waals surface area contributed by atoms with Crippen LogP contribution in [0.3, 0.4) is 0 Å². The maximum atomic E-state index is 13.7. The second-order valence-corrected chi connectivity index (χ2v) is 13.7. The quantitative estimate of drug-likeness (QED) is 0.408. The molecule has 39 heavy (non-hydrogen) atoms. The second kappa shape index (κ2) is 13.2. The molecule has 0 radical (unpaired) electrons. The summed E-state index contributed by atoms with van der Waals surface area (Å²) >= 11 is 5.94. The minimum absolute atomic E-state index is 0.162. The molecule has 0 bridgehead atoms. The molecule has 0 aromatic heterocycles. The molecular weight excluding hydrogens is 550 g/mol. The lowest BCUT2D eigenvalue weighted by atomic mass is 10.1. The first-order valence-corrected chi connectivity index (χ1v) is 14.6. The summed E-state index contributed by atoms with van der Waals surface area (Å²) in [4.78, 5) is 38.9. The Kier molecular flexibility index (Phi) is 11.0. The number of hydrogen-bond donors (Lipinski definition) is 1. The third-order valence-corrected chi connectivity index (χ3v) is 7.75. The van der Waals surface area contributed by atoms with Crippen LogP contribution < -0.4 is 0 Å². The molecule has 1 fully saturated rings. The molecule has 0 aliphatic carbocycles. The molecule has 0 spiro atoms. The molecule has 0 unspecified atom stereocenters. The van der Waals surface area contributed by atoms with E-state index in [1.54, 1.807) is 70.7 Å². The summed E-state index contributed by atoms with van der Waals surface area (Å²) in [6.45, 7) is 9.29. The van der Waals surface area contributed by atoms with Gasteiger partial charge in [0, 0.05) is 24.2 Å². The number of likely N-dealkylation sites (tertiary alicyclic amines) is 1. The van der Waals surface area contributed by atoms with E-state index in [9.17, 15) is 27.9 Å². The van der Waals surface area contributed by atoms with E-state index in [0.29, 0.717) is 27.9 Å². The fourth-order valence-corrected chi connectivity index (χ4v) is 5.65. The molecule has 13 heteroatoms. The Hall–Kier alpha value is -2.57. The van der Waals surface area contributed by atoms with Crippen LogP contribution in [0.5, 0.6) is 0 Å². The van der Waals surface area contributed by atoms with Crippen LogP contribution in [0.25, 0.3) is 0 Å². The van der Waals surface area contributed by atoms with Crippen LogP contribution in [0, 0.1) is 0 Å². The van der Waals surface area contributed by atoms with E-state index >= 15 is 0 Å². The van der Waals surface area contributed by atoms with Gasteiger partial charge >= 0.3 is 28.4 Å². The lowest BCUT2D eigenvalue weighted by Gasteiger charge is -2.32. The van der Waals surface area contributed by atoms with E-state index in [4.69, 9.17) is 21.1 Å². The monoisotopic (exact) mass is 589 g/mol. The third-order valence-electron chi connectivity index (χ3n) is 5.70. The van der Waals surface area contributed by atoms with Gasteiger partial charge in [0.05, 0.1) is 6.54 Å². The van der Waals surface area contributed by atoms with Gasteiger partial charge in [-0.1, -0.05) is 23.7 Å². The van der Waals surface area contributed by atoms with Crippen molar-refractivity contribution in [2.45, 2.75) is 91.0 Å². The van der Waals surface area contributed by atoms with Gasteiger partial charge in [0.25, 0.3) is 0 Å². The topological polar surface area (TPSA) is 134 Å². The predicted octanol–water partition coefficient (Wildman–Crippen LogP) is 4.89. The van der Waals surface area contributed by atoms with Gasteiger partial charge in [-0.15, -0.1) is 0 Å². The molecule has 1 aromatic carbocycles. The maximum Gasteiger partial charge on any atom is 0.425 e. The molecular formula is C26H40ClN3O8S. The van der Waals surface area contributed by atoms with Crippen molar-refractivity contribution in [3.05, 3.63) is 34.9 Å². The summed E-state index contributed by atoms with van der Waals surface area (Å²) in [7, 11) is -4.61. The van der Waals surface area contributed by atoms with Crippen molar-refractivity contribution in [2.24, 2.45) is 0 Å². The summed E-state index contributed by atoms with van der Waals surface area (Å²) in [5, 5.41) is 9.92. The summed E-state index contributed by atoms with van der Waals surface area (Å²) in [5.74, 6) is -1.37. The maximum absolute atomic E-state index is 13.7. The van der Waals surface area contributed by atoms with Crippen LogP contribution in [-0.4, -0.2) is 82.1 Å². The van der Waals surface area contributed by atoms with Gasteiger partial charge in [-0.05, 0) is 84.9 Å². The number of carboxylic acids is 1. The lowest BCUT2D eigenvalue weighted by Crippen LogP contribution is -2.49. The van der Waals surface area contributed by atoms with Crippen LogP contribution in [0.1, 0.15) is 72.8 Å². The zero-order valence-electron chi connectivity index (χ0n) is 23.5. The zero-order chi connectivity index (χ0) is 29.6. The van der Waals surface area contributed by atoms with E-state index < -0.39 is 46.1 Å². The Morgan fingerprint density at radius 2 is 1.64 bits per heavy atom. The molecule has 1 aromatic rings. The van der Waals surface area contributed by atoms with Gasteiger partial charge in [0.15, 0.2) is 0 Å². The predicted molar refractivity (Wildman–Crippen MR) is 147 cm³/mol. The smallest absolute Gasteiger partial charge is 0.425 e. The highest BCUT2D eigenvalue weighted by Crippen LogP contribution is 2.25. The fraction of sp³-hybridized carbons (Fsp3) is 0.654. The van der Waals surface area contributed by atoms with Crippen molar-refractivity contribution in [3.63, 3.8) is 0 Å². The third kappa shape index (κ3) is 10.5. The van der Waals surface area contributed by atoms with Crippen molar-refractivity contribution in [1.82, 2.24) is 13.5 Å². The fourth-order valence-electron chi connectivity index (χ4n) is 4.08. The number of ether oxygens (including phenoxy) is 2. The highest BCUT2D eigenvalue weighted by molar-refractivity contribution is 7.87. The number of aliphatic carboxylic acids is 1. The number of nitrogens with zero attached hydrogens (tertiary/aromatic N) is 3. The largest absolute Gasteiger partial charge is 0.480 e. The number of halogens is 1. The van der Waals surface area contributed by atoms with Crippen molar-refractivity contribution < 1.29 is 37.4 Å². The zero-order valence-corrected chi connectivity index (χ0v) is 25.0. The summed E-state index contributed by atoms with van der Waals surface area (Å²) in [6.07, 6.45) is 0.660. The molecule has 1 atom stereocenters. The van der Waals surface area contributed by atoms with Crippen LogP contribution >= 0.6 is 11.6 Å². The van der Waals surface area contributed by atoms with Crippen LogP contribution in [0.4, 0.5) is 9.59 Å². The van der Waals surface area contributed by atoms with Crippen molar-refractivity contribution in [2.75, 3.05) is 19.6 Å². The molecule has 2 amide bonds. The Bertz CT molecular complexity index is 1110. The summed E-state index contributed by atoms with van der Waals surface area (Å²) in [6, 6.07) is 6.10. The number of hydrogen-bond acceptors (Lipinski definition) is 7. The van der Waals surface area contributed by atoms with Crippen molar-refractivity contribution >= 4 is 40.0 Å². The average Bonchev–Trinajstić information content (AvgIpc) is 3.24. The molecule has 220 valence electrons. The van der Waals surface area contributed by atoms with Gasteiger partial charge in [-0.3, -0.25) is 4.79 Å². The van der Waals surface area contributed by atoms with Gasteiger partial charge in [0.2, 0.25) is 0 Å². The van der Waals surface area contributed by atoms with E-state index in [-0.39, 0.29) is 25.6 Å².